The van der Waals surface area contributed by atoms with Gasteiger partial charge in [0.2, 0.25) is 0 Å². The predicted octanol–water partition coefficient (Wildman–Crippen LogP) is 3.90. The lowest BCUT2D eigenvalue weighted by molar-refractivity contribution is 0.267. The fourth-order valence-corrected chi connectivity index (χ4v) is 2.64. The molecule has 0 atom stereocenters. The molecule has 108 valence electrons. The molecule has 0 amide bonds. The third-order valence-corrected chi connectivity index (χ3v) is 3.51. The maximum atomic E-state index is 4.73. The minimum atomic E-state index is 0.968. The van der Waals surface area contributed by atoms with Crippen LogP contribution >= 0.6 is 0 Å². The van der Waals surface area contributed by atoms with E-state index in [-0.39, 0.29) is 0 Å². The molecular formula is C17H25N3. The van der Waals surface area contributed by atoms with Gasteiger partial charge in [0.1, 0.15) is 5.82 Å². The van der Waals surface area contributed by atoms with Crippen LogP contribution in [0.2, 0.25) is 0 Å². The first-order valence-corrected chi connectivity index (χ1v) is 7.57. The molecule has 0 unspecified atom stereocenters. The molecule has 1 heterocycles. The number of pyridine rings is 1. The van der Waals surface area contributed by atoms with Crippen LogP contribution in [0.1, 0.15) is 32.3 Å². The van der Waals surface area contributed by atoms with Gasteiger partial charge in [-0.25, -0.2) is 4.98 Å². The van der Waals surface area contributed by atoms with Gasteiger partial charge >= 0.3 is 0 Å². The molecule has 3 nitrogen and oxygen atoms in total. The van der Waals surface area contributed by atoms with Crippen LogP contribution in [0.3, 0.4) is 0 Å². The number of hydrogen-bond acceptors (Lipinski definition) is 3. The monoisotopic (exact) mass is 271 g/mol. The fourth-order valence-electron chi connectivity index (χ4n) is 2.64. The summed E-state index contributed by atoms with van der Waals surface area (Å²) in [6, 6.07) is 10.6. The van der Waals surface area contributed by atoms with Crippen LogP contribution in [0.4, 0.5) is 5.82 Å². The van der Waals surface area contributed by atoms with E-state index in [1.54, 1.807) is 0 Å². The van der Waals surface area contributed by atoms with E-state index < -0.39 is 0 Å². The van der Waals surface area contributed by atoms with Gasteiger partial charge in [-0.2, -0.15) is 0 Å². The van der Waals surface area contributed by atoms with Crippen LogP contribution in [0, 0.1) is 0 Å². The van der Waals surface area contributed by atoms with Crippen molar-refractivity contribution in [1.82, 2.24) is 9.88 Å². The van der Waals surface area contributed by atoms with Crippen LogP contribution < -0.4 is 5.32 Å². The van der Waals surface area contributed by atoms with E-state index in [0.29, 0.717) is 0 Å². The summed E-state index contributed by atoms with van der Waals surface area (Å²) in [4.78, 5) is 7.24. The van der Waals surface area contributed by atoms with Gasteiger partial charge in [-0.3, -0.25) is 4.90 Å². The molecule has 3 heteroatoms. The van der Waals surface area contributed by atoms with Crippen molar-refractivity contribution in [3.05, 3.63) is 35.9 Å². The molecule has 0 saturated carbocycles. The van der Waals surface area contributed by atoms with E-state index in [9.17, 15) is 0 Å². The first kappa shape index (κ1) is 14.8. The normalized spacial score (nSPS) is 11.2. The maximum Gasteiger partial charge on any atom is 0.130 e. The molecular weight excluding hydrogens is 246 g/mol. The van der Waals surface area contributed by atoms with Gasteiger partial charge in [0, 0.05) is 24.5 Å². The zero-order chi connectivity index (χ0) is 14.4. The predicted molar refractivity (Wildman–Crippen MR) is 87.1 cm³/mol. The minimum absolute atomic E-state index is 0.968. The van der Waals surface area contributed by atoms with E-state index in [4.69, 9.17) is 4.98 Å². The van der Waals surface area contributed by atoms with Crippen LogP contribution in [0.5, 0.6) is 0 Å². The highest BCUT2D eigenvalue weighted by molar-refractivity contribution is 5.81. The Morgan fingerprint density at radius 3 is 2.45 bits per heavy atom. The number of benzene rings is 1. The van der Waals surface area contributed by atoms with Crippen LogP contribution in [-0.2, 0) is 6.54 Å². The molecule has 0 saturated heterocycles. The molecule has 1 aromatic heterocycles. The smallest absolute Gasteiger partial charge is 0.130 e. The molecule has 1 aromatic carbocycles. The second-order valence-corrected chi connectivity index (χ2v) is 5.21. The first-order valence-electron chi connectivity index (χ1n) is 7.57. The second-order valence-electron chi connectivity index (χ2n) is 5.21. The quantitative estimate of drug-likeness (QED) is 0.828. The van der Waals surface area contributed by atoms with E-state index in [1.165, 1.54) is 23.8 Å². The standard InChI is InChI=1S/C17H25N3/c1-4-10-20(11-5-2)13-15-12-14-8-6-7-9-16(14)19-17(15)18-3/h6-9,12H,4-5,10-11,13H2,1-3H3,(H,18,19). The van der Waals surface area contributed by atoms with Crippen LogP contribution in [0.25, 0.3) is 10.9 Å². The van der Waals surface area contributed by atoms with Gasteiger partial charge in [0.05, 0.1) is 5.52 Å². The average molecular weight is 271 g/mol. The number of nitrogens with zero attached hydrogens (tertiary/aromatic N) is 2. The first-order chi connectivity index (χ1) is 9.78. The molecule has 2 aromatic rings. The Morgan fingerprint density at radius 2 is 1.80 bits per heavy atom. The highest BCUT2D eigenvalue weighted by Crippen LogP contribution is 2.21. The largest absolute Gasteiger partial charge is 0.373 e. The summed E-state index contributed by atoms with van der Waals surface area (Å²) >= 11 is 0. The molecule has 0 bridgehead atoms. The van der Waals surface area contributed by atoms with Crippen molar-refractivity contribution in [2.24, 2.45) is 0 Å². The Labute approximate surface area is 122 Å². The third kappa shape index (κ3) is 3.48. The van der Waals surface area contributed by atoms with Gasteiger partial charge < -0.3 is 5.32 Å². The van der Waals surface area contributed by atoms with Crippen molar-refractivity contribution in [3.63, 3.8) is 0 Å². The number of aromatic nitrogens is 1. The molecule has 0 aliphatic rings. The van der Waals surface area contributed by atoms with Crippen molar-refractivity contribution in [2.75, 3.05) is 25.5 Å². The number of nitrogens with one attached hydrogen (secondary N) is 1. The highest BCUT2D eigenvalue weighted by atomic mass is 15.1. The maximum absolute atomic E-state index is 4.73. The zero-order valence-electron chi connectivity index (χ0n) is 12.8. The number of anilines is 1. The minimum Gasteiger partial charge on any atom is -0.373 e. The van der Waals surface area contributed by atoms with Crippen molar-refractivity contribution < 1.29 is 0 Å². The molecule has 0 aliphatic carbocycles. The summed E-state index contributed by atoms with van der Waals surface area (Å²) in [6.45, 7) is 7.73. The summed E-state index contributed by atoms with van der Waals surface area (Å²) in [5.41, 5.74) is 2.34. The summed E-state index contributed by atoms with van der Waals surface area (Å²) < 4.78 is 0. The number of para-hydroxylation sites is 1. The lowest BCUT2D eigenvalue weighted by Gasteiger charge is -2.22. The number of fused-ring (bicyclic) bond motifs is 1. The van der Waals surface area contributed by atoms with Crippen molar-refractivity contribution in [2.45, 2.75) is 33.2 Å². The Balaban J connectivity index is 2.31. The van der Waals surface area contributed by atoms with Crippen LogP contribution in [-0.4, -0.2) is 30.0 Å². The lowest BCUT2D eigenvalue weighted by Crippen LogP contribution is -2.25. The molecule has 0 radical (unpaired) electrons. The zero-order valence-corrected chi connectivity index (χ0v) is 12.8. The number of rotatable bonds is 7. The topological polar surface area (TPSA) is 28.2 Å². The van der Waals surface area contributed by atoms with Crippen molar-refractivity contribution >= 4 is 16.7 Å². The Hall–Kier alpha value is -1.61. The third-order valence-electron chi connectivity index (χ3n) is 3.51. The number of hydrogen-bond donors (Lipinski definition) is 1. The summed E-state index contributed by atoms with van der Waals surface area (Å²) in [5, 5.41) is 4.46. The SMILES string of the molecule is CCCN(CCC)Cc1cc2ccccc2nc1NC. The molecule has 0 aliphatic heterocycles. The van der Waals surface area contributed by atoms with E-state index in [1.807, 2.05) is 13.1 Å². The Kier molecular flexibility index (Phi) is 5.36. The van der Waals surface area contributed by atoms with Gasteiger partial charge in [0.25, 0.3) is 0 Å². The van der Waals surface area contributed by atoms with Crippen molar-refractivity contribution in [1.29, 1.82) is 0 Å². The molecule has 20 heavy (non-hydrogen) atoms. The van der Waals surface area contributed by atoms with Crippen molar-refractivity contribution in [3.8, 4) is 0 Å². The average Bonchev–Trinajstić information content (AvgIpc) is 2.47. The van der Waals surface area contributed by atoms with E-state index >= 15 is 0 Å². The Morgan fingerprint density at radius 1 is 1.10 bits per heavy atom. The summed E-state index contributed by atoms with van der Waals surface area (Å²) in [5.74, 6) is 1.00. The van der Waals surface area contributed by atoms with Crippen LogP contribution in [0.15, 0.2) is 30.3 Å². The van der Waals surface area contributed by atoms with Gasteiger partial charge in [-0.15, -0.1) is 0 Å². The summed E-state index contributed by atoms with van der Waals surface area (Å²) in [6.07, 6.45) is 2.38. The van der Waals surface area contributed by atoms with E-state index in [0.717, 1.165) is 31.0 Å². The van der Waals surface area contributed by atoms with Gasteiger partial charge in [0.15, 0.2) is 0 Å². The highest BCUT2D eigenvalue weighted by Gasteiger charge is 2.10. The second kappa shape index (κ2) is 7.25. The molecule has 0 spiro atoms. The lowest BCUT2D eigenvalue weighted by atomic mass is 10.1. The molecule has 1 N–H and O–H groups in total. The van der Waals surface area contributed by atoms with E-state index in [2.05, 4.69) is 48.3 Å². The van der Waals surface area contributed by atoms with Gasteiger partial charge in [-0.05, 0) is 38.1 Å². The molecule has 2 rings (SSSR count). The molecule has 0 fully saturated rings. The van der Waals surface area contributed by atoms with Gasteiger partial charge in [-0.1, -0.05) is 32.0 Å². The Bertz CT molecular complexity index is 545. The fraction of sp³-hybridized carbons (Fsp3) is 0.471. The summed E-state index contributed by atoms with van der Waals surface area (Å²) in [7, 11) is 1.95.